The summed E-state index contributed by atoms with van der Waals surface area (Å²) in [6.45, 7) is 4.84. The van der Waals surface area contributed by atoms with Gasteiger partial charge in [0.2, 0.25) is 0 Å². The molecule has 2 rings (SSSR count). The number of alkyl carbamates (subject to hydrolysis) is 1. The molecule has 0 radical (unpaired) electrons. The maximum absolute atomic E-state index is 11.3. The average molecular weight is 333 g/mol. The second kappa shape index (κ2) is 8.00. The highest BCUT2D eigenvalue weighted by Crippen LogP contribution is 2.34. The summed E-state index contributed by atoms with van der Waals surface area (Å²) < 4.78 is 10.7. The number of rotatable bonds is 5. The van der Waals surface area contributed by atoms with E-state index < -0.39 is 30.4 Å². The van der Waals surface area contributed by atoms with E-state index in [2.05, 4.69) is 15.6 Å². The zero-order valence-electron chi connectivity index (χ0n) is 12.7. The van der Waals surface area contributed by atoms with Gasteiger partial charge < -0.3 is 30.3 Å². The number of hydrogen-bond donors (Lipinski definition) is 4. The Labute approximate surface area is 133 Å². The third kappa shape index (κ3) is 4.03. The number of thioether (sulfide) groups is 1. The molecule has 2 saturated heterocycles. The van der Waals surface area contributed by atoms with Gasteiger partial charge in [0.1, 0.15) is 30.4 Å². The summed E-state index contributed by atoms with van der Waals surface area (Å²) in [6, 6.07) is -0.420. The number of nitrogens with one attached hydrogen (secondary N) is 2. The summed E-state index contributed by atoms with van der Waals surface area (Å²) >= 11 is 1.38. The molecule has 5 unspecified atom stereocenters. The third-order valence-corrected chi connectivity index (χ3v) is 4.50. The van der Waals surface area contributed by atoms with Gasteiger partial charge in [-0.3, -0.25) is 4.99 Å². The number of aliphatic hydroxyl groups excluding tert-OH is 2. The molecule has 4 N–H and O–H groups in total. The molecule has 8 nitrogen and oxygen atoms in total. The molecule has 0 aromatic rings. The highest BCUT2D eigenvalue weighted by atomic mass is 32.2. The van der Waals surface area contributed by atoms with E-state index in [0.717, 1.165) is 6.42 Å². The first kappa shape index (κ1) is 17.3. The standard InChI is InChI=1S/C13H23N3O5S/c1-3-5-15-12-16-8-10(18)9(17)7(21-11(8)22-12)6-20-13(19)14-4-2/h7-11,17-18H,3-6H2,1-2H3,(H,14,19)(H,15,16). The van der Waals surface area contributed by atoms with E-state index in [0.29, 0.717) is 18.3 Å². The van der Waals surface area contributed by atoms with Crippen molar-refractivity contribution in [1.29, 1.82) is 0 Å². The van der Waals surface area contributed by atoms with Crippen LogP contribution in [0, 0.1) is 0 Å². The minimum absolute atomic E-state index is 0.116. The molecule has 126 valence electrons. The van der Waals surface area contributed by atoms with Gasteiger partial charge in [0, 0.05) is 13.1 Å². The van der Waals surface area contributed by atoms with Gasteiger partial charge >= 0.3 is 6.09 Å². The van der Waals surface area contributed by atoms with Gasteiger partial charge in [-0.15, -0.1) is 0 Å². The number of nitrogens with zero attached hydrogens (tertiary/aromatic N) is 1. The molecule has 0 saturated carbocycles. The smallest absolute Gasteiger partial charge is 0.407 e. The Morgan fingerprint density at radius 2 is 2.23 bits per heavy atom. The van der Waals surface area contributed by atoms with Crippen LogP contribution >= 0.6 is 11.8 Å². The van der Waals surface area contributed by atoms with Crippen molar-refractivity contribution in [3.8, 4) is 0 Å². The van der Waals surface area contributed by atoms with E-state index in [1.165, 1.54) is 11.8 Å². The molecule has 0 aromatic heterocycles. The van der Waals surface area contributed by atoms with Gasteiger partial charge in [-0.25, -0.2) is 4.79 Å². The number of fused-ring (bicyclic) bond motifs is 1. The Morgan fingerprint density at radius 3 is 2.91 bits per heavy atom. The SMILES string of the molecule is CCCN=C1NC2C(OC(COC(=O)NCC)C(O)C2O)S1. The van der Waals surface area contributed by atoms with E-state index in [1.54, 1.807) is 6.92 Å². The minimum atomic E-state index is -1.13. The van der Waals surface area contributed by atoms with Crippen molar-refractivity contribution >= 4 is 23.0 Å². The van der Waals surface area contributed by atoms with Gasteiger partial charge in [0.25, 0.3) is 0 Å². The van der Waals surface area contributed by atoms with Gasteiger partial charge in [0.15, 0.2) is 5.17 Å². The molecule has 0 aromatic carbocycles. The van der Waals surface area contributed by atoms with Gasteiger partial charge in [-0.05, 0) is 13.3 Å². The van der Waals surface area contributed by atoms with Gasteiger partial charge in [0.05, 0.1) is 6.04 Å². The molecule has 1 amide bonds. The summed E-state index contributed by atoms with van der Waals surface area (Å²) in [5.41, 5.74) is -0.364. The highest BCUT2D eigenvalue weighted by Gasteiger charge is 2.49. The second-order valence-electron chi connectivity index (χ2n) is 5.13. The molecule has 2 heterocycles. The number of carbonyl (C=O) groups is 1. The van der Waals surface area contributed by atoms with Crippen molar-refractivity contribution in [3.63, 3.8) is 0 Å². The second-order valence-corrected chi connectivity index (χ2v) is 6.21. The number of amides is 1. The van der Waals surface area contributed by atoms with Crippen LogP contribution in [-0.2, 0) is 9.47 Å². The topological polar surface area (TPSA) is 112 Å². The third-order valence-electron chi connectivity index (χ3n) is 3.40. The first-order chi connectivity index (χ1) is 10.6. The molecule has 0 bridgehead atoms. The summed E-state index contributed by atoms with van der Waals surface area (Å²) in [5.74, 6) is 0. The largest absolute Gasteiger partial charge is 0.447 e. The van der Waals surface area contributed by atoms with Gasteiger partial charge in [-0.2, -0.15) is 0 Å². The molecule has 2 fully saturated rings. The van der Waals surface area contributed by atoms with E-state index in [-0.39, 0.29) is 12.0 Å². The summed E-state index contributed by atoms with van der Waals surface area (Å²) in [7, 11) is 0. The van der Waals surface area contributed by atoms with Crippen molar-refractivity contribution in [2.45, 2.75) is 50.1 Å². The first-order valence-electron chi connectivity index (χ1n) is 7.46. The van der Waals surface area contributed by atoms with E-state index in [1.807, 2.05) is 6.92 Å². The predicted octanol–water partition coefficient (Wildman–Crippen LogP) is -0.350. The Hall–Kier alpha value is -1.03. The van der Waals surface area contributed by atoms with Gasteiger partial charge in [-0.1, -0.05) is 18.7 Å². The summed E-state index contributed by atoms with van der Waals surface area (Å²) in [5, 5.41) is 26.6. The lowest BCUT2D eigenvalue weighted by Crippen LogP contribution is -2.60. The van der Waals surface area contributed by atoms with Crippen molar-refractivity contribution in [2.75, 3.05) is 19.7 Å². The van der Waals surface area contributed by atoms with Crippen molar-refractivity contribution in [3.05, 3.63) is 0 Å². The Morgan fingerprint density at radius 1 is 1.45 bits per heavy atom. The quantitative estimate of drug-likeness (QED) is 0.544. The molecular weight excluding hydrogens is 310 g/mol. The zero-order chi connectivity index (χ0) is 16.1. The van der Waals surface area contributed by atoms with Crippen LogP contribution < -0.4 is 10.6 Å². The van der Waals surface area contributed by atoms with Crippen molar-refractivity contribution in [2.24, 2.45) is 4.99 Å². The fourth-order valence-corrected chi connectivity index (χ4v) is 3.42. The van der Waals surface area contributed by atoms with Crippen LogP contribution in [0.3, 0.4) is 0 Å². The minimum Gasteiger partial charge on any atom is -0.447 e. The van der Waals surface area contributed by atoms with Crippen molar-refractivity contribution < 1.29 is 24.5 Å². The molecular formula is C13H23N3O5S. The number of carbonyl (C=O) groups excluding carboxylic acids is 1. The lowest BCUT2D eigenvalue weighted by atomic mass is 9.98. The zero-order valence-corrected chi connectivity index (χ0v) is 13.5. The van der Waals surface area contributed by atoms with Crippen LogP contribution in [0.4, 0.5) is 4.79 Å². The maximum atomic E-state index is 11.3. The number of hydrogen-bond acceptors (Lipinski definition) is 7. The molecule has 2 aliphatic heterocycles. The fourth-order valence-electron chi connectivity index (χ4n) is 2.26. The van der Waals surface area contributed by atoms with Crippen LogP contribution in [-0.4, -0.2) is 71.0 Å². The fraction of sp³-hybridized carbons (Fsp3) is 0.846. The normalized spacial score (nSPS) is 35.8. The molecule has 2 aliphatic rings. The van der Waals surface area contributed by atoms with Crippen LogP contribution in [0.25, 0.3) is 0 Å². The summed E-state index contributed by atoms with van der Waals surface area (Å²) in [4.78, 5) is 15.7. The number of aliphatic imine (C=N–C) groups is 1. The first-order valence-corrected chi connectivity index (χ1v) is 8.34. The molecule has 22 heavy (non-hydrogen) atoms. The van der Waals surface area contributed by atoms with Crippen molar-refractivity contribution in [1.82, 2.24) is 10.6 Å². The molecule has 0 aliphatic carbocycles. The molecule has 0 spiro atoms. The highest BCUT2D eigenvalue weighted by molar-refractivity contribution is 8.14. The Kier molecular flexibility index (Phi) is 6.30. The predicted molar refractivity (Wildman–Crippen MR) is 82.8 cm³/mol. The van der Waals surface area contributed by atoms with E-state index in [4.69, 9.17) is 9.47 Å². The number of ether oxygens (including phenoxy) is 2. The number of amidine groups is 1. The lowest BCUT2D eigenvalue weighted by molar-refractivity contribution is -0.167. The van der Waals surface area contributed by atoms with E-state index >= 15 is 0 Å². The number of aliphatic hydroxyl groups is 2. The Balaban J connectivity index is 1.92. The van der Waals surface area contributed by atoms with Crippen LogP contribution in [0.15, 0.2) is 4.99 Å². The monoisotopic (exact) mass is 333 g/mol. The van der Waals surface area contributed by atoms with E-state index in [9.17, 15) is 15.0 Å². The molecule has 5 atom stereocenters. The average Bonchev–Trinajstić information content (AvgIpc) is 2.91. The molecule has 9 heteroatoms. The van der Waals surface area contributed by atoms with Crippen LogP contribution in [0.5, 0.6) is 0 Å². The Bertz CT molecular complexity index is 422. The summed E-state index contributed by atoms with van der Waals surface area (Å²) in [6.07, 6.45) is -2.55. The maximum Gasteiger partial charge on any atom is 0.407 e. The van der Waals surface area contributed by atoms with Crippen LogP contribution in [0.2, 0.25) is 0 Å². The lowest BCUT2D eigenvalue weighted by Gasteiger charge is -2.38. The van der Waals surface area contributed by atoms with Crippen LogP contribution in [0.1, 0.15) is 20.3 Å².